The van der Waals surface area contributed by atoms with E-state index in [1.807, 2.05) is 0 Å². The second-order valence-electron chi connectivity index (χ2n) is 7.01. The van der Waals surface area contributed by atoms with Crippen molar-refractivity contribution < 1.29 is 19.3 Å². The Bertz CT molecular complexity index is 780. The summed E-state index contributed by atoms with van der Waals surface area (Å²) in [5, 5.41) is 9.94. The Balaban J connectivity index is 1.78. The number of halogens is 1. The van der Waals surface area contributed by atoms with Crippen molar-refractivity contribution in [3.05, 3.63) is 33.1 Å². The van der Waals surface area contributed by atoms with Gasteiger partial charge in [0.25, 0.3) is 5.56 Å². The topological polar surface area (TPSA) is 91.9 Å². The first kappa shape index (κ1) is 17.2. The van der Waals surface area contributed by atoms with Crippen molar-refractivity contribution in [1.82, 2.24) is 9.13 Å². The zero-order chi connectivity index (χ0) is 17.8. The maximum Gasteiger partial charge on any atom is 0.332 e. The molecule has 1 aromatic heterocycles. The Morgan fingerprint density at radius 3 is 2.64 bits per heavy atom. The van der Waals surface area contributed by atoms with E-state index in [4.69, 9.17) is 25.8 Å². The van der Waals surface area contributed by atoms with Crippen molar-refractivity contribution in [1.29, 1.82) is 0 Å². The van der Waals surface area contributed by atoms with E-state index in [-0.39, 0.29) is 12.5 Å². The Morgan fingerprint density at radius 2 is 2.00 bits per heavy atom. The third-order valence-electron chi connectivity index (χ3n) is 5.50. The molecule has 0 bridgehead atoms. The maximum atomic E-state index is 12.5. The van der Waals surface area contributed by atoms with E-state index in [0.29, 0.717) is 0 Å². The molecule has 1 N–H and O–H groups in total. The molecule has 0 radical (unpaired) electrons. The number of hydrogen-bond donors (Lipinski definition) is 1. The number of hydrogen-bond acceptors (Lipinski definition) is 6. The van der Waals surface area contributed by atoms with Crippen LogP contribution in [0.25, 0.3) is 0 Å². The van der Waals surface area contributed by atoms with Gasteiger partial charge in [0.15, 0.2) is 12.0 Å². The lowest BCUT2D eigenvalue weighted by molar-refractivity contribution is -0.235. The highest BCUT2D eigenvalue weighted by Crippen LogP contribution is 2.52. The Hall–Kier alpha value is -1.19. The smallest absolute Gasteiger partial charge is 0.332 e. The summed E-state index contributed by atoms with van der Waals surface area (Å²) in [6, 6.07) is 1.29. The highest BCUT2D eigenvalue weighted by Gasteiger charge is 2.65. The Kier molecular flexibility index (Phi) is 4.08. The molecule has 138 valence electrons. The predicted octanol–water partition coefficient (Wildman–Crippen LogP) is 0.1000. The van der Waals surface area contributed by atoms with E-state index >= 15 is 0 Å². The van der Waals surface area contributed by atoms with Gasteiger partial charge in [-0.1, -0.05) is 0 Å². The molecule has 1 aromatic rings. The summed E-state index contributed by atoms with van der Waals surface area (Å²) in [6.07, 6.45) is 2.92. The van der Waals surface area contributed by atoms with Crippen molar-refractivity contribution in [3.8, 4) is 0 Å². The molecule has 3 heterocycles. The number of alkyl halides is 1. The van der Waals surface area contributed by atoms with Crippen LogP contribution in [0, 0.1) is 0 Å². The zero-order valence-electron chi connectivity index (χ0n) is 13.9. The van der Waals surface area contributed by atoms with Crippen LogP contribution in [-0.4, -0.2) is 50.3 Å². The maximum absolute atomic E-state index is 12.5. The van der Waals surface area contributed by atoms with E-state index in [0.717, 1.165) is 30.3 Å². The predicted molar refractivity (Wildman–Crippen MR) is 87.5 cm³/mol. The number of ether oxygens (including phenoxy) is 3. The zero-order valence-corrected chi connectivity index (χ0v) is 14.6. The molecule has 8 nitrogen and oxygen atoms in total. The molecular formula is C16H21ClN2O6. The molecule has 25 heavy (non-hydrogen) atoms. The van der Waals surface area contributed by atoms with Crippen molar-refractivity contribution in [3.63, 3.8) is 0 Å². The van der Waals surface area contributed by atoms with Gasteiger partial charge in [0.1, 0.15) is 17.8 Å². The van der Waals surface area contributed by atoms with E-state index < -0.39 is 41.1 Å². The number of aliphatic hydroxyl groups is 1. The van der Waals surface area contributed by atoms with Crippen LogP contribution in [0.4, 0.5) is 0 Å². The molecule has 2 saturated heterocycles. The fourth-order valence-electron chi connectivity index (χ4n) is 4.05. The minimum Gasteiger partial charge on any atom is -0.393 e. The van der Waals surface area contributed by atoms with Crippen LogP contribution >= 0.6 is 11.6 Å². The van der Waals surface area contributed by atoms with Gasteiger partial charge in [-0.15, -0.1) is 11.6 Å². The summed E-state index contributed by atoms with van der Waals surface area (Å²) in [5.41, 5.74) is -2.08. The largest absolute Gasteiger partial charge is 0.393 e. The molecule has 4 rings (SSSR count). The molecule has 4 atom stereocenters. The van der Waals surface area contributed by atoms with Gasteiger partial charge in [0, 0.05) is 32.2 Å². The molecule has 9 heteroatoms. The van der Waals surface area contributed by atoms with Gasteiger partial charge < -0.3 is 19.3 Å². The van der Waals surface area contributed by atoms with Crippen LogP contribution in [0.15, 0.2) is 21.9 Å². The molecule has 1 aliphatic carbocycles. The third kappa shape index (κ3) is 2.43. The average molecular weight is 373 g/mol. The minimum atomic E-state index is -1.16. The van der Waals surface area contributed by atoms with Crippen LogP contribution in [0.3, 0.4) is 0 Å². The molecule has 0 unspecified atom stereocenters. The fourth-order valence-corrected chi connectivity index (χ4v) is 4.35. The average Bonchev–Trinajstić information content (AvgIpc) is 3.29. The fraction of sp³-hybridized carbons (Fsp3) is 0.750. The van der Waals surface area contributed by atoms with Crippen LogP contribution in [0.1, 0.15) is 31.9 Å². The van der Waals surface area contributed by atoms with Gasteiger partial charge >= 0.3 is 5.69 Å². The number of nitrogens with zero attached hydrogens (tertiary/aromatic N) is 2. The van der Waals surface area contributed by atoms with Crippen molar-refractivity contribution in [2.45, 2.75) is 55.5 Å². The third-order valence-corrected chi connectivity index (χ3v) is 5.95. The van der Waals surface area contributed by atoms with Gasteiger partial charge in [0.2, 0.25) is 0 Å². The summed E-state index contributed by atoms with van der Waals surface area (Å²) in [4.78, 5) is 24.2. The first-order valence-electron chi connectivity index (χ1n) is 8.44. The quantitative estimate of drug-likeness (QED) is 0.757. The summed E-state index contributed by atoms with van der Waals surface area (Å²) in [6.45, 7) is -0.353. The van der Waals surface area contributed by atoms with Gasteiger partial charge in [0.05, 0.1) is 12.5 Å². The lowest BCUT2D eigenvalue weighted by Crippen LogP contribution is -2.48. The summed E-state index contributed by atoms with van der Waals surface area (Å²) < 4.78 is 20.7. The van der Waals surface area contributed by atoms with E-state index in [9.17, 15) is 14.7 Å². The molecule has 1 saturated carbocycles. The Morgan fingerprint density at radius 1 is 1.28 bits per heavy atom. The summed E-state index contributed by atoms with van der Waals surface area (Å²) in [7, 11) is 1.40. The number of rotatable bonds is 3. The molecular weight excluding hydrogens is 352 g/mol. The molecule has 0 aromatic carbocycles. The first-order valence-corrected chi connectivity index (χ1v) is 8.97. The van der Waals surface area contributed by atoms with Crippen LogP contribution in [0.5, 0.6) is 0 Å². The van der Waals surface area contributed by atoms with Crippen LogP contribution in [0.2, 0.25) is 0 Å². The lowest BCUT2D eigenvalue weighted by atomic mass is 9.98. The van der Waals surface area contributed by atoms with E-state index in [1.54, 1.807) is 0 Å². The molecule has 1 spiro atoms. The number of aliphatic hydroxyl groups excluding tert-OH is 1. The first-order chi connectivity index (χ1) is 12.0. The second kappa shape index (κ2) is 5.92. The number of aromatic nitrogens is 2. The minimum absolute atomic E-state index is 0.00111. The SMILES string of the molecule is Cn1c(=O)ccn([C@@H]2O[C@@](CO)(CCl)[C@H]3OC4(CCCC4)O[C@@H]23)c1=O. The highest BCUT2D eigenvalue weighted by atomic mass is 35.5. The van der Waals surface area contributed by atoms with Crippen molar-refractivity contribution >= 4 is 11.6 Å². The van der Waals surface area contributed by atoms with Gasteiger partial charge in [-0.25, -0.2) is 4.79 Å². The summed E-state index contributed by atoms with van der Waals surface area (Å²) >= 11 is 6.11. The van der Waals surface area contributed by atoms with Gasteiger partial charge in [-0.05, 0) is 12.8 Å². The molecule has 0 amide bonds. The van der Waals surface area contributed by atoms with Crippen LogP contribution < -0.4 is 11.2 Å². The highest BCUT2D eigenvalue weighted by molar-refractivity contribution is 6.18. The van der Waals surface area contributed by atoms with Crippen molar-refractivity contribution in [2.24, 2.45) is 7.05 Å². The number of fused-ring (bicyclic) bond motifs is 1. The standard InChI is InChI=1S/C16H21ClN2O6/c1-18-10(21)4-7-19(14(18)22)13-11-12(15(8-17,9-20)25-13)24-16(23-11)5-2-3-6-16/h4,7,11-13,20H,2-3,5-6,8-9H2,1H3/t11-,12+,13-,15-/m1/s1. The van der Waals surface area contributed by atoms with Gasteiger partial charge in [-0.2, -0.15) is 0 Å². The Labute approximate surface area is 148 Å². The normalized spacial score (nSPS) is 36.2. The van der Waals surface area contributed by atoms with Crippen LogP contribution in [-0.2, 0) is 21.3 Å². The lowest BCUT2D eigenvalue weighted by Gasteiger charge is -2.32. The second-order valence-corrected chi connectivity index (χ2v) is 7.27. The monoisotopic (exact) mass is 372 g/mol. The molecule has 2 aliphatic heterocycles. The van der Waals surface area contributed by atoms with Gasteiger partial charge in [-0.3, -0.25) is 13.9 Å². The van der Waals surface area contributed by atoms with E-state index in [2.05, 4.69) is 0 Å². The molecule has 3 fully saturated rings. The molecule has 3 aliphatic rings. The summed E-state index contributed by atoms with van der Waals surface area (Å²) in [5.74, 6) is -0.699. The van der Waals surface area contributed by atoms with E-state index in [1.165, 1.54) is 23.9 Å². The van der Waals surface area contributed by atoms with Crippen molar-refractivity contribution in [2.75, 3.05) is 12.5 Å².